The minimum atomic E-state index is -0.199. The van der Waals surface area contributed by atoms with Crippen molar-refractivity contribution < 1.29 is 13.9 Å². The first-order chi connectivity index (χ1) is 11.1. The first-order valence-electron chi connectivity index (χ1n) is 7.52. The molecule has 0 amide bonds. The third-order valence-corrected chi connectivity index (χ3v) is 3.59. The highest BCUT2D eigenvalue weighted by molar-refractivity contribution is 5.79. The number of ether oxygens (including phenoxy) is 2. The molecule has 3 rings (SSSR count). The van der Waals surface area contributed by atoms with Crippen LogP contribution in [-0.2, 0) is 0 Å². The van der Waals surface area contributed by atoms with Gasteiger partial charge in [0.2, 0.25) is 11.2 Å². The molecule has 0 saturated heterocycles. The standard InChI is InChI=1S/C19H18O4/c1-4-21-14-7-8-15-17(10-14)22-11-18(19(15)20)23-16-9-12(2)5-6-13(16)3/h5-11H,4H2,1-3H3. The molecule has 0 aliphatic carbocycles. The lowest BCUT2D eigenvalue weighted by molar-refractivity contribution is 0.340. The maximum Gasteiger partial charge on any atom is 0.235 e. The van der Waals surface area contributed by atoms with E-state index in [0.717, 1.165) is 11.1 Å². The summed E-state index contributed by atoms with van der Waals surface area (Å²) in [6.07, 6.45) is 1.35. The second-order valence-corrected chi connectivity index (χ2v) is 5.39. The summed E-state index contributed by atoms with van der Waals surface area (Å²) in [5, 5.41) is 0.469. The van der Waals surface area contributed by atoms with E-state index in [9.17, 15) is 4.79 Å². The summed E-state index contributed by atoms with van der Waals surface area (Å²) in [5.74, 6) is 1.50. The van der Waals surface area contributed by atoms with Gasteiger partial charge in [-0.3, -0.25) is 4.79 Å². The van der Waals surface area contributed by atoms with E-state index in [0.29, 0.717) is 29.1 Å². The van der Waals surface area contributed by atoms with Crippen LogP contribution in [0.4, 0.5) is 0 Å². The predicted molar refractivity (Wildman–Crippen MR) is 89.6 cm³/mol. The summed E-state index contributed by atoms with van der Waals surface area (Å²) in [7, 11) is 0. The Bertz CT molecular complexity index is 909. The minimum Gasteiger partial charge on any atom is -0.494 e. The summed E-state index contributed by atoms with van der Waals surface area (Å²) >= 11 is 0. The quantitative estimate of drug-likeness (QED) is 0.706. The molecule has 0 unspecified atom stereocenters. The van der Waals surface area contributed by atoms with Crippen LogP contribution in [0.15, 0.2) is 51.9 Å². The molecule has 118 valence electrons. The lowest BCUT2D eigenvalue weighted by Gasteiger charge is -2.09. The van der Waals surface area contributed by atoms with Gasteiger partial charge in [0.25, 0.3) is 0 Å². The minimum absolute atomic E-state index is 0.176. The van der Waals surface area contributed by atoms with Crippen molar-refractivity contribution in [2.75, 3.05) is 6.61 Å². The van der Waals surface area contributed by atoms with Gasteiger partial charge in [-0.15, -0.1) is 0 Å². The van der Waals surface area contributed by atoms with E-state index >= 15 is 0 Å². The highest BCUT2D eigenvalue weighted by atomic mass is 16.5. The Balaban J connectivity index is 2.02. The molecular weight excluding hydrogens is 292 g/mol. The van der Waals surface area contributed by atoms with Gasteiger partial charge in [0.05, 0.1) is 12.0 Å². The van der Waals surface area contributed by atoms with Crippen molar-refractivity contribution in [3.8, 4) is 17.2 Å². The number of benzene rings is 2. The molecule has 2 aromatic carbocycles. The molecule has 4 nitrogen and oxygen atoms in total. The van der Waals surface area contributed by atoms with Gasteiger partial charge in [-0.05, 0) is 50.1 Å². The summed E-state index contributed by atoms with van der Waals surface area (Å²) in [5.41, 5.74) is 2.31. The third kappa shape index (κ3) is 3.06. The number of hydrogen-bond acceptors (Lipinski definition) is 4. The monoisotopic (exact) mass is 310 g/mol. The summed E-state index contributed by atoms with van der Waals surface area (Å²) in [6.45, 7) is 6.38. The van der Waals surface area contributed by atoms with Gasteiger partial charge in [-0.2, -0.15) is 0 Å². The fourth-order valence-electron chi connectivity index (χ4n) is 2.35. The highest BCUT2D eigenvalue weighted by Gasteiger charge is 2.11. The van der Waals surface area contributed by atoms with Gasteiger partial charge in [0.15, 0.2) is 0 Å². The highest BCUT2D eigenvalue weighted by Crippen LogP contribution is 2.26. The van der Waals surface area contributed by atoms with E-state index in [2.05, 4.69) is 0 Å². The summed E-state index contributed by atoms with van der Waals surface area (Å²) < 4.78 is 16.7. The van der Waals surface area contributed by atoms with Crippen LogP contribution in [0.25, 0.3) is 11.0 Å². The van der Waals surface area contributed by atoms with Crippen LogP contribution in [0.5, 0.6) is 17.2 Å². The van der Waals surface area contributed by atoms with Crippen LogP contribution in [-0.4, -0.2) is 6.61 Å². The van der Waals surface area contributed by atoms with Crippen LogP contribution < -0.4 is 14.9 Å². The third-order valence-electron chi connectivity index (χ3n) is 3.59. The average Bonchev–Trinajstić information content (AvgIpc) is 2.54. The lowest BCUT2D eigenvalue weighted by atomic mass is 10.1. The fourth-order valence-corrected chi connectivity index (χ4v) is 2.35. The van der Waals surface area contributed by atoms with Crippen LogP contribution in [0.2, 0.25) is 0 Å². The van der Waals surface area contributed by atoms with Gasteiger partial charge >= 0.3 is 0 Å². The topological polar surface area (TPSA) is 48.7 Å². The van der Waals surface area contributed by atoms with E-state index in [1.807, 2.05) is 39.0 Å². The first-order valence-corrected chi connectivity index (χ1v) is 7.52. The SMILES string of the molecule is CCOc1ccc2c(=O)c(Oc3cc(C)ccc3C)coc2c1. The summed E-state index contributed by atoms with van der Waals surface area (Å²) in [4.78, 5) is 12.6. The smallest absolute Gasteiger partial charge is 0.235 e. The maximum absolute atomic E-state index is 12.6. The Labute approximate surface area is 134 Å². The van der Waals surface area contributed by atoms with Crippen molar-refractivity contribution >= 4 is 11.0 Å². The van der Waals surface area contributed by atoms with Crippen molar-refractivity contribution in [3.63, 3.8) is 0 Å². The Morgan fingerprint density at radius 3 is 2.65 bits per heavy atom. The molecule has 0 aliphatic rings. The Morgan fingerprint density at radius 1 is 1.04 bits per heavy atom. The molecule has 0 fully saturated rings. The van der Waals surface area contributed by atoms with Crippen LogP contribution >= 0.6 is 0 Å². The van der Waals surface area contributed by atoms with Gasteiger partial charge in [-0.25, -0.2) is 0 Å². The molecule has 1 heterocycles. The van der Waals surface area contributed by atoms with Gasteiger partial charge < -0.3 is 13.9 Å². The number of aryl methyl sites for hydroxylation is 2. The molecule has 0 N–H and O–H groups in total. The zero-order chi connectivity index (χ0) is 16.4. The Morgan fingerprint density at radius 2 is 1.87 bits per heavy atom. The number of rotatable bonds is 4. The van der Waals surface area contributed by atoms with Crippen molar-refractivity contribution in [2.45, 2.75) is 20.8 Å². The summed E-state index contributed by atoms with van der Waals surface area (Å²) in [6, 6.07) is 11.0. The zero-order valence-corrected chi connectivity index (χ0v) is 13.4. The van der Waals surface area contributed by atoms with Crippen molar-refractivity contribution in [1.29, 1.82) is 0 Å². The fraction of sp³-hybridized carbons (Fsp3) is 0.211. The van der Waals surface area contributed by atoms with Gasteiger partial charge in [0.1, 0.15) is 23.3 Å². The Kier molecular flexibility index (Phi) is 4.06. The van der Waals surface area contributed by atoms with Crippen LogP contribution in [0, 0.1) is 13.8 Å². The van der Waals surface area contributed by atoms with Crippen molar-refractivity contribution in [3.05, 3.63) is 64.0 Å². The molecule has 23 heavy (non-hydrogen) atoms. The van der Waals surface area contributed by atoms with Crippen molar-refractivity contribution in [1.82, 2.24) is 0 Å². The molecule has 0 aliphatic heterocycles. The molecule has 0 saturated carbocycles. The van der Waals surface area contributed by atoms with E-state index in [1.54, 1.807) is 18.2 Å². The molecule has 1 aromatic heterocycles. The van der Waals surface area contributed by atoms with Crippen LogP contribution in [0.1, 0.15) is 18.1 Å². The van der Waals surface area contributed by atoms with E-state index in [1.165, 1.54) is 6.26 Å². The average molecular weight is 310 g/mol. The number of fused-ring (bicyclic) bond motifs is 1. The first kappa shape index (κ1) is 15.2. The van der Waals surface area contributed by atoms with E-state index in [-0.39, 0.29) is 11.2 Å². The molecule has 0 spiro atoms. The zero-order valence-electron chi connectivity index (χ0n) is 13.4. The van der Waals surface area contributed by atoms with Crippen LogP contribution in [0.3, 0.4) is 0 Å². The molecule has 0 atom stereocenters. The molecule has 0 bridgehead atoms. The molecule has 3 aromatic rings. The maximum atomic E-state index is 12.6. The largest absolute Gasteiger partial charge is 0.494 e. The van der Waals surface area contributed by atoms with E-state index in [4.69, 9.17) is 13.9 Å². The number of hydrogen-bond donors (Lipinski definition) is 0. The Hall–Kier alpha value is -2.75. The second-order valence-electron chi connectivity index (χ2n) is 5.39. The molecule has 4 heteroatoms. The lowest BCUT2D eigenvalue weighted by Crippen LogP contribution is -2.05. The van der Waals surface area contributed by atoms with E-state index < -0.39 is 0 Å². The normalized spacial score (nSPS) is 10.7. The van der Waals surface area contributed by atoms with Gasteiger partial charge in [-0.1, -0.05) is 12.1 Å². The molecular formula is C19H18O4. The van der Waals surface area contributed by atoms with Gasteiger partial charge in [0, 0.05) is 6.07 Å². The van der Waals surface area contributed by atoms with Crippen molar-refractivity contribution in [2.24, 2.45) is 0 Å². The molecule has 0 radical (unpaired) electrons. The predicted octanol–water partition coefficient (Wildman–Crippen LogP) is 4.60. The second kappa shape index (κ2) is 6.16.